The Morgan fingerprint density at radius 3 is 2.55 bits per heavy atom. The van der Waals surface area contributed by atoms with E-state index in [0.717, 1.165) is 36.8 Å². The van der Waals surface area contributed by atoms with E-state index in [1.165, 1.54) is 6.42 Å². The van der Waals surface area contributed by atoms with E-state index in [0.29, 0.717) is 30.3 Å². The van der Waals surface area contributed by atoms with E-state index in [9.17, 15) is 4.79 Å². The molecule has 1 aliphatic rings. The van der Waals surface area contributed by atoms with Gasteiger partial charge in [-0.05, 0) is 60.7 Å². The maximum absolute atomic E-state index is 12.6. The first-order valence-corrected chi connectivity index (χ1v) is 8.85. The van der Waals surface area contributed by atoms with Crippen LogP contribution in [0.1, 0.15) is 49.9 Å². The summed E-state index contributed by atoms with van der Waals surface area (Å²) < 4.78 is 12.2. The first-order chi connectivity index (χ1) is 10.7. The fraction of sp³-hybridized carbons (Fsp3) is 0.588. The molecule has 1 fully saturated rings. The molecule has 0 unspecified atom stereocenters. The normalized spacial score (nSPS) is 14.8. The highest BCUT2D eigenvalue weighted by atomic mass is 79.9. The lowest BCUT2D eigenvalue weighted by Gasteiger charge is -2.27. The molecule has 1 aromatic carbocycles. The van der Waals surface area contributed by atoms with Crippen molar-refractivity contribution in [1.29, 1.82) is 0 Å². The maximum atomic E-state index is 12.6. The van der Waals surface area contributed by atoms with Crippen molar-refractivity contribution in [3.8, 4) is 11.5 Å². The number of piperidine rings is 1. The number of benzene rings is 1. The third-order valence-electron chi connectivity index (χ3n) is 3.65. The zero-order valence-corrected chi connectivity index (χ0v) is 14.9. The van der Waals surface area contributed by atoms with Gasteiger partial charge in [-0.3, -0.25) is 4.79 Å². The van der Waals surface area contributed by atoms with Crippen LogP contribution >= 0.6 is 15.9 Å². The lowest BCUT2D eigenvalue weighted by atomic mass is 10.1. The van der Waals surface area contributed by atoms with Crippen LogP contribution in [0, 0.1) is 0 Å². The molecule has 2 rings (SSSR count). The average molecular weight is 370 g/mol. The third-order valence-corrected chi connectivity index (χ3v) is 4.24. The van der Waals surface area contributed by atoms with Crippen molar-refractivity contribution in [3.63, 3.8) is 0 Å². The van der Waals surface area contributed by atoms with Crippen molar-refractivity contribution < 1.29 is 14.3 Å². The molecule has 1 heterocycles. The summed E-state index contributed by atoms with van der Waals surface area (Å²) in [6.45, 7) is 6.83. The summed E-state index contributed by atoms with van der Waals surface area (Å²) in [4.78, 5) is 14.6. The number of hydrogen-bond acceptors (Lipinski definition) is 3. The van der Waals surface area contributed by atoms with Gasteiger partial charge in [-0.15, -0.1) is 0 Å². The van der Waals surface area contributed by atoms with E-state index in [1.807, 2.05) is 17.9 Å². The minimum absolute atomic E-state index is 0.0726. The molecule has 4 nitrogen and oxygen atoms in total. The van der Waals surface area contributed by atoms with Gasteiger partial charge in [-0.1, -0.05) is 6.92 Å². The summed E-state index contributed by atoms with van der Waals surface area (Å²) in [5.74, 6) is 1.38. The molecule has 122 valence electrons. The average Bonchev–Trinajstić information content (AvgIpc) is 2.54. The third kappa shape index (κ3) is 4.15. The molecule has 0 saturated carbocycles. The molecule has 0 spiro atoms. The lowest BCUT2D eigenvalue weighted by Crippen LogP contribution is -2.35. The molecule has 0 bridgehead atoms. The second-order valence-corrected chi connectivity index (χ2v) is 6.27. The predicted molar refractivity (Wildman–Crippen MR) is 90.9 cm³/mol. The summed E-state index contributed by atoms with van der Waals surface area (Å²) in [6.07, 6.45) is 4.31. The molecule has 22 heavy (non-hydrogen) atoms. The van der Waals surface area contributed by atoms with E-state index in [4.69, 9.17) is 9.47 Å². The van der Waals surface area contributed by atoms with Gasteiger partial charge >= 0.3 is 0 Å². The Hall–Kier alpha value is -1.23. The second-order valence-electron chi connectivity index (χ2n) is 5.42. The lowest BCUT2D eigenvalue weighted by molar-refractivity contribution is 0.0723. The number of hydrogen-bond donors (Lipinski definition) is 0. The minimum Gasteiger partial charge on any atom is -0.490 e. The molecule has 0 N–H and O–H groups in total. The number of rotatable bonds is 6. The molecule has 0 aromatic heterocycles. The highest BCUT2D eigenvalue weighted by Crippen LogP contribution is 2.37. The first kappa shape index (κ1) is 17.1. The predicted octanol–water partition coefficient (Wildman–Crippen LogP) is 4.26. The summed E-state index contributed by atoms with van der Waals surface area (Å²) >= 11 is 3.51. The quantitative estimate of drug-likeness (QED) is 0.751. The van der Waals surface area contributed by atoms with Crippen LogP contribution in [0.5, 0.6) is 11.5 Å². The largest absolute Gasteiger partial charge is 0.490 e. The van der Waals surface area contributed by atoms with Crippen LogP contribution in [0.15, 0.2) is 16.6 Å². The molecule has 5 heteroatoms. The standard InChI is InChI=1S/C17H24BrNO3/c1-3-10-22-16-14(18)11-13(12-15(16)21-4-2)17(20)19-8-6-5-7-9-19/h11-12H,3-10H2,1-2H3. The molecule has 1 aromatic rings. The number of halogens is 1. The van der Waals surface area contributed by atoms with E-state index < -0.39 is 0 Å². The number of nitrogens with zero attached hydrogens (tertiary/aromatic N) is 1. The SMILES string of the molecule is CCCOc1c(Br)cc(C(=O)N2CCCCC2)cc1OCC. The molecule has 0 aliphatic carbocycles. The van der Waals surface area contributed by atoms with Gasteiger partial charge in [0.15, 0.2) is 11.5 Å². The van der Waals surface area contributed by atoms with E-state index in [1.54, 1.807) is 6.07 Å². The minimum atomic E-state index is 0.0726. The summed E-state index contributed by atoms with van der Waals surface area (Å²) in [5.41, 5.74) is 0.654. The fourth-order valence-electron chi connectivity index (χ4n) is 2.58. The Bertz CT molecular complexity index is 513. The summed E-state index contributed by atoms with van der Waals surface area (Å²) in [5, 5.41) is 0. The smallest absolute Gasteiger partial charge is 0.254 e. The topological polar surface area (TPSA) is 38.8 Å². The van der Waals surface area contributed by atoms with Crippen LogP contribution in [0.2, 0.25) is 0 Å². The van der Waals surface area contributed by atoms with E-state index >= 15 is 0 Å². The molecule has 1 saturated heterocycles. The van der Waals surface area contributed by atoms with Crippen molar-refractivity contribution in [2.75, 3.05) is 26.3 Å². The first-order valence-electron chi connectivity index (χ1n) is 8.05. The molecule has 0 radical (unpaired) electrons. The van der Waals surface area contributed by atoms with Gasteiger partial charge in [0.05, 0.1) is 17.7 Å². The van der Waals surface area contributed by atoms with Crippen LogP contribution in [0.4, 0.5) is 0 Å². The number of amides is 1. The molecule has 0 atom stereocenters. The van der Waals surface area contributed by atoms with Crippen LogP contribution in [0.3, 0.4) is 0 Å². The zero-order chi connectivity index (χ0) is 15.9. The Kier molecular flexibility index (Phi) is 6.55. The van der Waals surface area contributed by atoms with Gasteiger partial charge in [-0.25, -0.2) is 0 Å². The van der Waals surface area contributed by atoms with E-state index in [-0.39, 0.29) is 5.91 Å². The monoisotopic (exact) mass is 369 g/mol. The zero-order valence-electron chi connectivity index (χ0n) is 13.4. The van der Waals surface area contributed by atoms with Gasteiger partial charge < -0.3 is 14.4 Å². The van der Waals surface area contributed by atoms with Gasteiger partial charge in [0.2, 0.25) is 0 Å². The second kappa shape index (κ2) is 8.42. The van der Waals surface area contributed by atoms with Gasteiger partial charge in [-0.2, -0.15) is 0 Å². The fourth-order valence-corrected chi connectivity index (χ4v) is 3.13. The van der Waals surface area contributed by atoms with Crippen molar-refractivity contribution in [3.05, 3.63) is 22.2 Å². The van der Waals surface area contributed by atoms with Crippen LogP contribution < -0.4 is 9.47 Å². The van der Waals surface area contributed by atoms with Crippen molar-refractivity contribution in [2.24, 2.45) is 0 Å². The van der Waals surface area contributed by atoms with Gasteiger partial charge in [0.25, 0.3) is 5.91 Å². The van der Waals surface area contributed by atoms with Crippen LogP contribution in [-0.4, -0.2) is 37.1 Å². The van der Waals surface area contributed by atoms with Crippen molar-refractivity contribution in [2.45, 2.75) is 39.5 Å². The molecule has 1 amide bonds. The maximum Gasteiger partial charge on any atom is 0.254 e. The van der Waals surface area contributed by atoms with Crippen LogP contribution in [0.25, 0.3) is 0 Å². The Balaban J connectivity index is 2.26. The van der Waals surface area contributed by atoms with E-state index in [2.05, 4.69) is 22.9 Å². The number of carbonyl (C=O) groups is 1. The Morgan fingerprint density at radius 2 is 1.91 bits per heavy atom. The Labute approximate surface area is 140 Å². The van der Waals surface area contributed by atoms with Gasteiger partial charge in [0, 0.05) is 18.7 Å². The summed E-state index contributed by atoms with van der Waals surface area (Å²) in [7, 11) is 0. The Morgan fingerprint density at radius 1 is 1.18 bits per heavy atom. The number of carbonyl (C=O) groups excluding carboxylic acids is 1. The number of likely N-dealkylation sites (tertiary alicyclic amines) is 1. The van der Waals surface area contributed by atoms with Gasteiger partial charge in [0.1, 0.15) is 0 Å². The number of ether oxygens (including phenoxy) is 2. The highest BCUT2D eigenvalue weighted by Gasteiger charge is 2.21. The molecular weight excluding hydrogens is 346 g/mol. The highest BCUT2D eigenvalue weighted by molar-refractivity contribution is 9.10. The molecule has 1 aliphatic heterocycles. The van der Waals surface area contributed by atoms with Crippen molar-refractivity contribution in [1.82, 2.24) is 4.90 Å². The van der Waals surface area contributed by atoms with Crippen LogP contribution in [-0.2, 0) is 0 Å². The summed E-state index contributed by atoms with van der Waals surface area (Å²) in [6, 6.07) is 3.64. The van der Waals surface area contributed by atoms with Crippen molar-refractivity contribution >= 4 is 21.8 Å². The molecular formula is C17H24BrNO3.